The summed E-state index contributed by atoms with van der Waals surface area (Å²) in [6.07, 6.45) is 5.77. The molecule has 0 bridgehead atoms. The summed E-state index contributed by atoms with van der Waals surface area (Å²) in [6, 6.07) is 3.51. The summed E-state index contributed by atoms with van der Waals surface area (Å²) in [4.78, 5) is 29.3. The van der Waals surface area contributed by atoms with Crippen LogP contribution in [0.3, 0.4) is 0 Å². The van der Waals surface area contributed by atoms with Gasteiger partial charge < -0.3 is 24.5 Å². The van der Waals surface area contributed by atoms with E-state index in [1.165, 1.54) is 11.8 Å². The van der Waals surface area contributed by atoms with Gasteiger partial charge in [-0.15, -0.1) is 11.8 Å². The number of fused-ring (bicyclic) bond motifs is 1. The Hall–Kier alpha value is -2.42. The summed E-state index contributed by atoms with van der Waals surface area (Å²) in [5.41, 5.74) is 3.16. The van der Waals surface area contributed by atoms with E-state index in [2.05, 4.69) is 16.9 Å². The molecule has 9 heteroatoms. The lowest BCUT2D eigenvalue weighted by Crippen LogP contribution is -2.45. The minimum absolute atomic E-state index is 0.102. The predicted molar refractivity (Wildman–Crippen MR) is 147 cm³/mol. The number of carbonyl (C=O) groups is 1. The third kappa shape index (κ3) is 5.86. The monoisotopic (exact) mass is 546 g/mol. The first-order valence-electron chi connectivity index (χ1n) is 12.5. The van der Waals surface area contributed by atoms with Crippen LogP contribution in [0.1, 0.15) is 66.7 Å². The number of carbonyl (C=O) groups excluding carboxylic acids is 1. The zero-order valence-corrected chi connectivity index (χ0v) is 23.7. The molecule has 1 atom stereocenters. The number of amides is 1. The molecule has 1 amide bonds. The zero-order chi connectivity index (χ0) is 26.9. The minimum Gasteiger partial charge on any atom is -0.448 e. The van der Waals surface area contributed by atoms with Crippen molar-refractivity contribution < 1.29 is 19.0 Å². The first kappa shape index (κ1) is 27.6. The Balaban J connectivity index is 1.47. The second-order valence-electron chi connectivity index (χ2n) is 10.2. The van der Waals surface area contributed by atoms with Crippen LogP contribution in [-0.2, 0) is 11.3 Å². The molecule has 0 spiro atoms. The number of H-pyrrole nitrogens is 1. The van der Waals surface area contributed by atoms with Crippen molar-refractivity contribution in [1.82, 2.24) is 10.3 Å². The van der Waals surface area contributed by atoms with Gasteiger partial charge in [-0.25, -0.2) is 0 Å². The van der Waals surface area contributed by atoms with Crippen LogP contribution in [-0.4, -0.2) is 35.6 Å². The van der Waals surface area contributed by atoms with Crippen LogP contribution in [0.15, 0.2) is 34.0 Å². The molecule has 7 nitrogen and oxygen atoms in total. The molecule has 2 aliphatic rings. The first-order valence-corrected chi connectivity index (χ1v) is 14.1. The Morgan fingerprint density at radius 1 is 1.24 bits per heavy atom. The zero-order valence-electron chi connectivity index (χ0n) is 22.1. The summed E-state index contributed by atoms with van der Waals surface area (Å²) >= 11 is 8.06. The van der Waals surface area contributed by atoms with Crippen LogP contribution in [0, 0.1) is 19.8 Å². The summed E-state index contributed by atoms with van der Waals surface area (Å²) < 4.78 is 18.7. The quantitative estimate of drug-likeness (QED) is 0.315. The number of ether oxygens (including phenoxy) is 3. The molecule has 1 saturated carbocycles. The fourth-order valence-electron chi connectivity index (χ4n) is 5.06. The maximum Gasteiger partial charge on any atom is 0.254 e. The summed E-state index contributed by atoms with van der Waals surface area (Å²) in [5.74, 6) is -0.0670. The van der Waals surface area contributed by atoms with E-state index in [0.717, 1.165) is 41.8 Å². The van der Waals surface area contributed by atoms with Gasteiger partial charge in [0, 0.05) is 46.7 Å². The number of benzene rings is 1. The number of aryl methyl sites for hydroxylation is 1. The van der Waals surface area contributed by atoms with Crippen LogP contribution in [0.4, 0.5) is 0 Å². The molecule has 2 N–H and O–H groups in total. The molecular formula is C28H35ClN2O5S. The molecule has 1 aromatic heterocycles. The Kier molecular flexibility index (Phi) is 8.31. The van der Waals surface area contributed by atoms with Crippen molar-refractivity contribution in [3.05, 3.63) is 62.0 Å². The van der Waals surface area contributed by atoms with Crippen molar-refractivity contribution in [3.8, 4) is 11.5 Å². The van der Waals surface area contributed by atoms with E-state index in [9.17, 15) is 9.59 Å². The Morgan fingerprint density at radius 3 is 2.57 bits per heavy atom. The molecule has 4 rings (SSSR count). The average molecular weight is 547 g/mol. The number of hydrogen-bond acceptors (Lipinski definition) is 6. The van der Waals surface area contributed by atoms with E-state index >= 15 is 0 Å². The van der Waals surface area contributed by atoms with Gasteiger partial charge in [-0.1, -0.05) is 23.8 Å². The average Bonchev–Trinajstić information content (AvgIpc) is 3.23. The second-order valence-corrected chi connectivity index (χ2v) is 11.4. The molecule has 1 aromatic carbocycles. The largest absolute Gasteiger partial charge is 0.448 e. The van der Waals surface area contributed by atoms with Crippen molar-refractivity contribution in [2.45, 2.75) is 76.7 Å². The van der Waals surface area contributed by atoms with E-state index in [4.69, 9.17) is 25.8 Å². The molecule has 1 aliphatic carbocycles. The molecular weight excluding hydrogens is 512 g/mol. The second kappa shape index (κ2) is 11.1. The summed E-state index contributed by atoms with van der Waals surface area (Å²) in [6.45, 7) is 12.2. The molecule has 1 unspecified atom stereocenters. The highest BCUT2D eigenvalue weighted by atomic mass is 35.5. The molecule has 2 heterocycles. The number of halogens is 1. The van der Waals surface area contributed by atoms with Gasteiger partial charge in [0.2, 0.25) is 0 Å². The van der Waals surface area contributed by atoms with Gasteiger partial charge in [-0.05, 0) is 64.8 Å². The molecule has 37 heavy (non-hydrogen) atoms. The van der Waals surface area contributed by atoms with Gasteiger partial charge >= 0.3 is 0 Å². The first-order chi connectivity index (χ1) is 17.5. The lowest BCUT2D eigenvalue weighted by atomic mass is 9.82. The molecule has 0 saturated heterocycles. The van der Waals surface area contributed by atoms with Crippen molar-refractivity contribution in [2.75, 3.05) is 12.9 Å². The highest BCUT2D eigenvalue weighted by molar-refractivity contribution is 7.98. The van der Waals surface area contributed by atoms with Crippen LogP contribution >= 0.6 is 23.4 Å². The molecule has 1 aliphatic heterocycles. The van der Waals surface area contributed by atoms with Crippen molar-refractivity contribution in [1.29, 1.82) is 0 Å². The Morgan fingerprint density at radius 2 is 1.92 bits per heavy atom. The minimum atomic E-state index is -0.867. The Labute approximate surface area is 227 Å². The van der Waals surface area contributed by atoms with Crippen molar-refractivity contribution in [3.63, 3.8) is 0 Å². The lowest BCUT2D eigenvalue weighted by Gasteiger charge is -2.37. The van der Waals surface area contributed by atoms with Crippen LogP contribution in [0.2, 0.25) is 5.02 Å². The SMILES string of the molecule is C=C(C)COC1CCC(C2(C)Oc3c(Cl)cc(C(=O)NCc4c(SC)cc(C)[nH]c4=O)c(C)c3O2)CC1. The Bertz CT molecular complexity index is 1270. The highest BCUT2D eigenvalue weighted by Crippen LogP contribution is 2.51. The van der Waals surface area contributed by atoms with Gasteiger partial charge in [0.05, 0.1) is 17.7 Å². The van der Waals surface area contributed by atoms with Crippen molar-refractivity contribution in [2.24, 2.45) is 5.92 Å². The topological polar surface area (TPSA) is 89.7 Å². The van der Waals surface area contributed by atoms with E-state index in [0.29, 0.717) is 39.8 Å². The number of aromatic amines is 1. The number of rotatable bonds is 8. The van der Waals surface area contributed by atoms with Crippen molar-refractivity contribution >= 4 is 29.3 Å². The molecule has 200 valence electrons. The summed E-state index contributed by atoms with van der Waals surface area (Å²) in [5, 5.41) is 3.20. The van der Waals surface area contributed by atoms with E-state index in [1.54, 1.807) is 6.07 Å². The smallest absolute Gasteiger partial charge is 0.254 e. The third-order valence-electron chi connectivity index (χ3n) is 7.15. The predicted octanol–water partition coefficient (Wildman–Crippen LogP) is 5.94. The summed E-state index contributed by atoms with van der Waals surface area (Å²) in [7, 11) is 0. The number of hydrogen-bond donors (Lipinski definition) is 2. The highest BCUT2D eigenvalue weighted by Gasteiger charge is 2.47. The number of nitrogens with one attached hydrogen (secondary N) is 2. The molecule has 1 fully saturated rings. The van der Waals surface area contributed by atoms with Gasteiger partial charge in [0.25, 0.3) is 17.3 Å². The van der Waals surface area contributed by atoms with Crippen LogP contribution in [0.5, 0.6) is 11.5 Å². The maximum absolute atomic E-state index is 13.2. The van der Waals surface area contributed by atoms with Gasteiger partial charge in [-0.3, -0.25) is 9.59 Å². The number of pyridine rings is 1. The fourth-order valence-corrected chi connectivity index (χ4v) is 6.00. The van der Waals surface area contributed by atoms with E-state index < -0.39 is 5.79 Å². The van der Waals surface area contributed by atoms with Crippen LogP contribution in [0.25, 0.3) is 0 Å². The standard InChI is InChI=1S/C28H35ClN2O5S/c1-15(2)14-34-19-9-7-18(8-10-19)28(5)35-24-17(4)20(12-22(29)25(24)36-28)26(32)30-13-21-23(37-6)11-16(3)31-27(21)33/h11-12,18-19H,1,7-10,13-14H2,2-6H3,(H,30,32)(H,31,33). The third-order valence-corrected chi connectivity index (χ3v) is 8.23. The molecule has 0 radical (unpaired) electrons. The van der Waals surface area contributed by atoms with E-state index in [-0.39, 0.29) is 30.0 Å². The number of aromatic nitrogens is 1. The maximum atomic E-state index is 13.2. The van der Waals surface area contributed by atoms with Gasteiger partial charge in [0.1, 0.15) is 0 Å². The van der Waals surface area contributed by atoms with Crippen LogP contribution < -0.4 is 20.3 Å². The fraction of sp³-hybridized carbons (Fsp3) is 0.500. The lowest BCUT2D eigenvalue weighted by molar-refractivity contribution is -0.129. The number of thioether (sulfide) groups is 1. The van der Waals surface area contributed by atoms with Gasteiger partial charge in [0.15, 0.2) is 11.5 Å². The molecule has 2 aromatic rings. The van der Waals surface area contributed by atoms with Gasteiger partial charge in [-0.2, -0.15) is 0 Å². The normalized spacial score (nSPS) is 22.6. The van der Waals surface area contributed by atoms with E-state index in [1.807, 2.05) is 40.0 Å².